The van der Waals surface area contributed by atoms with Crippen LogP contribution in [0.5, 0.6) is 0 Å². The van der Waals surface area contributed by atoms with Gasteiger partial charge in [-0.1, -0.05) is 0 Å². The lowest BCUT2D eigenvalue weighted by molar-refractivity contribution is -0.938. The van der Waals surface area contributed by atoms with Crippen molar-refractivity contribution in [1.29, 1.82) is 0 Å². The maximum absolute atomic E-state index is 9.35. The molecule has 1 unspecified atom stereocenters. The minimum Gasteiger partial charge on any atom is -0.344 e. The van der Waals surface area contributed by atoms with Gasteiger partial charge in [-0.05, 0) is 0 Å². The molecule has 0 spiro atoms. The van der Waals surface area contributed by atoms with E-state index in [4.69, 9.17) is 0 Å². The van der Waals surface area contributed by atoms with Crippen molar-refractivity contribution in [3.8, 4) is 0 Å². The van der Waals surface area contributed by atoms with Crippen molar-refractivity contribution in [2.75, 3.05) is 33.7 Å². The summed E-state index contributed by atoms with van der Waals surface area (Å²) < 4.78 is 0.729. The molecule has 0 aromatic rings. The largest absolute Gasteiger partial charge is 0.344 e. The number of hydrogen-bond acceptors (Lipinski definition) is 2. The molecule has 0 radical (unpaired) electrons. The van der Waals surface area contributed by atoms with Gasteiger partial charge in [0.05, 0.1) is 27.2 Å². The number of nitrogens with one attached hydrogen (secondary N) is 1. The van der Waals surface area contributed by atoms with Crippen LogP contribution in [0, 0.1) is 0 Å². The molecule has 1 rings (SSSR count). The lowest BCUT2D eigenvalue weighted by atomic mass is 10.3. The summed E-state index contributed by atoms with van der Waals surface area (Å²) in [5.74, 6) is 0. The number of quaternary nitrogens is 1. The fraction of sp³-hybridized carbons (Fsp3) is 1.00. The van der Waals surface area contributed by atoms with E-state index >= 15 is 0 Å². The Bertz CT molecular complexity index is 103. The van der Waals surface area contributed by atoms with Gasteiger partial charge in [-0.2, -0.15) is 0 Å². The van der Waals surface area contributed by atoms with E-state index in [1.54, 1.807) is 0 Å². The van der Waals surface area contributed by atoms with E-state index in [0.29, 0.717) is 0 Å². The first-order valence-corrected chi connectivity index (χ1v) is 3.34. The maximum atomic E-state index is 9.35. The van der Waals surface area contributed by atoms with E-state index in [1.165, 1.54) is 0 Å². The van der Waals surface area contributed by atoms with Gasteiger partial charge in [0.2, 0.25) is 6.23 Å². The van der Waals surface area contributed by atoms with Gasteiger partial charge < -0.3 is 14.9 Å². The normalized spacial score (nSPS) is 34.3. The molecule has 3 heteroatoms. The smallest absolute Gasteiger partial charge is 0.203 e. The first-order chi connectivity index (χ1) is 4.13. The van der Waals surface area contributed by atoms with Crippen LogP contribution in [0.15, 0.2) is 0 Å². The van der Waals surface area contributed by atoms with Gasteiger partial charge in [0, 0.05) is 6.54 Å². The Balaban J connectivity index is 2.49. The summed E-state index contributed by atoms with van der Waals surface area (Å²) in [4.78, 5) is 0. The Morgan fingerprint density at radius 1 is 1.56 bits per heavy atom. The van der Waals surface area contributed by atoms with Crippen LogP contribution >= 0.6 is 0 Å². The molecule has 54 valence electrons. The van der Waals surface area contributed by atoms with Gasteiger partial charge in [-0.3, -0.25) is 0 Å². The monoisotopic (exact) mass is 131 g/mol. The second-order valence-corrected chi connectivity index (χ2v) is 3.19. The minimum absolute atomic E-state index is 0.223. The molecule has 0 aliphatic carbocycles. The average molecular weight is 131 g/mol. The van der Waals surface area contributed by atoms with Crippen LogP contribution < -0.4 is 5.32 Å². The van der Waals surface area contributed by atoms with Crippen LogP contribution in [0.1, 0.15) is 0 Å². The number of piperazine rings is 1. The number of aliphatic hydroxyl groups excluding tert-OH is 1. The molecule has 0 amide bonds. The second-order valence-electron chi connectivity index (χ2n) is 3.19. The first-order valence-electron chi connectivity index (χ1n) is 3.34. The molecule has 2 N–H and O–H groups in total. The third kappa shape index (κ3) is 1.41. The maximum Gasteiger partial charge on any atom is 0.203 e. The number of β-amino-alcohol motifs (C(OH)–C–C–N with tert-alkyl or cyclic N) is 1. The molecule has 0 aromatic heterocycles. The fourth-order valence-electron chi connectivity index (χ4n) is 0.995. The minimum atomic E-state index is -0.223. The van der Waals surface area contributed by atoms with Crippen molar-refractivity contribution in [3.63, 3.8) is 0 Å². The molecule has 1 fully saturated rings. The summed E-state index contributed by atoms with van der Waals surface area (Å²) in [5.41, 5.74) is 0. The van der Waals surface area contributed by atoms with E-state index in [9.17, 15) is 5.11 Å². The van der Waals surface area contributed by atoms with Gasteiger partial charge >= 0.3 is 0 Å². The third-order valence-electron chi connectivity index (χ3n) is 2.00. The third-order valence-corrected chi connectivity index (χ3v) is 2.00. The van der Waals surface area contributed by atoms with Gasteiger partial charge in [-0.15, -0.1) is 0 Å². The molecule has 1 saturated heterocycles. The highest BCUT2D eigenvalue weighted by molar-refractivity contribution is 4.56. The highest BCUT2D eigenvalue weighted by Gasteiger charge is 2.28. The van der Waals surface area contributed by atoms with Crippen LogP contribution in [-0.2, 0) is 0 Å². The van der Waals surface area contributed by atoms with Crippen LogP contribution in [0.25, 0.3) is 0 Å². The van der Waals surface area contributed by atoms with Crippen molar-refractivity contribution in [2.45, 2.75) is 6.23 Å². The predicted octanol–water partition coefficient (Wildman–Crippen LogP) is -1.02. The van der Waals surface area contributed by atoms with Crippen molar-refractivity contribution in [2.24, 2.45) is 0 Å². The Kier molecular flexibility index (Phi) is 1.75. The zero-order valence-corrected chi connectivity index (χ0v) is 6.09. The summed E-state index contributed by atoms with van der Waals surface area (Å²) in [6, 6.07) is 0. The number of rotatable bonds is 0. The van der Waals surface area contributed by atoms with E-state index < -0.39 is 0 Å². The number of aliphatic hydroxyl groups is 1. The van der Waals surface area contributed by atoms with Gasteiger partial charge in [0.1, 0.15) is 0 Å². The van der Waals surface area contributed by atoms with E-state index in [2.05, 4.69) is 5.32 Å². The molecule has 1 heterocycles. The molecule has 1 aliphatic rings. The quantitative estimate of drug-likeness (QED) is 0.413. The van der Waals surface area contributed by atoms with Crippen LogP contribution in [0.2, 0.25) is 0 Å². The van der Waals surface area contributed by atoms with E-state index in [1.807, 2.05) is 14.1 Å². The molecular formula is C6H15N2O+. The fourth-order valence-corrected chi connectivity index (χ4v) is 0.995. The number of nitrogens with zero attached hydrogens (tertiary/aromatic N) is 1. The van der Waals surface area contributed by atoms with Crippen molar-refractivity contribution in [3.05, 3.63) is 0 Å². The molecule has 0 aromatic carbocycles. The summed E-state index contributed by atoms with van der Waals surface area (Å²) >= 11 is 0. The Labute approximate surface area is 55.9 Å². The van der Waals surface area contributed by atoms with Crippen LogP contribution in [0.4, 0.5) is 0 Å². The molecule has 0 bridgehead atoms. The number of hydrogen-bond donors (Lipinski definition) is 2. The lowest BCUT2D eigenvalue weighted by Gasteiger charge is -2.38. The zero-order valence-electron chi connectivity index (χ0n) is 6.09. The van der Waals surface area contributed by atoms with Gasteiger partial charge in [0.15, 0.2) is 0 Å². The Hall–Kier alpha value is -0.120. The van der Waals surface area contributed by atoms with Crippen molar-refractivity contribution in [1.82, 2.24) is 5.32 Å². The topological polar surface area (TPSA) is 32.3 Å². The Morgan fingerprint density at radius 3 is 2.56 bits per heavy atom. The standard InChI is InChI=1S/C6H15N2O/c1-8(2)4-3-7-5-6(8)9/h6-7,9H,3-5H2,1-2H3/q+1. The lowest BCUT2D eigenvalue weighted by Crippen LogP contribution is -2.60. The van der Waals surface area contributed by atoms with Gasteiger partial charge in [-0.25, -0.2) is 0 Å². The van der Waals surface area contributed by atoms with Gasteiger partial charge in [0.25, 0.3) is 0 Å². The molecule has 1 aliphatic heterocycles. The zero-order chi connectivity index (χ0) is 6.91. The molecular weight excluding hydrogens is 116 g/mol. The molecule has 0 saturated carbocycles. The molecule has 1 atom stereocenters. The number of likely N-dealkylation sites (N-methyl/N-ethyl adjacent to an activating group) is 1. The molecule has 3 nitrogen and oxygen atoms in total. The summed E-state index contributed by atoms with van der Waals surface area (Å²) in [6.07, 6.45) is -0.223. The summed E-state index contributed by atoms with van der Waals surface area (Å²) in [7, 11) is 4.09. The molecule has 9 heavy (non-hydrogen) atoms. The van der Waals surface area contributed by atoms with E-state index in [-0.39, 0.29) is 6.23 Å². The van der Waals surface area contributed by atoms with Crippen molar-refractivity contribution >= 4 is 0 Å². The highest BCUT2D eigenvalue weighted by Crippen LogP contribution is 2.05. The second kappa shape index (κ2) is 2.25. The summed E-state index contributed by atoms with van der Waals surface area (Å²) in [5, 5.41) is 12.5. The first kappa shape index (κ1) is 6.99. The predicted molar refractivity (Wildman–Crippen MR) is 35.9 cm³/mol. The SMILES string of the molecule is C[N+]1(C)CCNCC1O. The average Bonchev–Trinajstić information content (AvgIpc) is 1.77. The van der Waals surface area contributed by atoms with E-state index in [0.717, 1.165) is 24.1 Å². The van der Waals surface area contributed by atoms with Crippen LogP contribution in [0.3, 0.4) is 0 Å². The van der Waals surface area contributed by atoms with Crippen LogP contribution in [-0.4, -0.2) is 49.5 Å². The highest BCUT2D eigenvalue weighted by atomic mass is 16.3. The Morgan fingerprint density at radius 2 is 2.22 bits per heavy atom. The van der Waals surface area contributed by atoms with Crippen molar-refractivity contribution < 1.29 is 9.59 Å². The summed E-state index contributed by atoms with van der Waals surface area (Å²) in [6.45, 7) is 2.76.